The Morgan fingerprint density at radius 1 is 1.21 bits per heavy atom. The fourth-order valence-corrected chi connectivity index (χ4v) is 3.38. The molecule has 0 amide bonds. The van der Waals surface area contributed by atoms with E-state index in [4.69, 9.17) is 4.74 Å². The van der Waals surface area contributed by atoms with Crippen LogP contribution in [0.25, 0.3) is 0 Å². The predicted molar refractivity (Wildman–Crippen MR) is 94.1 cm³/mol. The normalized spacial score (nSPS) is 19.9. The summed E-state index contributed by atoms with van der Waals surface area (Å²) in [6.45, 7) is 1.98. The van der Waals surface area contributed by atoms with Crippen molar-refractivity contribution in [3.8, 4) is 5.75 Å². The molecule has 1 aromatic carbocycles. The van der Waals surface area contributed by atoms with Crippen LogP contribution < -0.4 is 10.1 Å². The van der Waals surface area contributed by atoms with E-state index in [1.165, 1.54) is 12.1 Å². The van der Waals surface area contributed by atoms with Crippen LogP contribution in [0.2, 0.25) is 0 Å². The highest BCUT2D eigenvalue weighted by Crippen LogP contribution is 2.35. The Morgan fingerprint density at radius 3 is 2.50 bits per heavy atom. The number of halogens is 3. The largest absolute Gasteiger partial charge is 0.573 e. The SMILES string of the molecule is CCOC(=O)c1[nH]nnc1N[C@H]1CC[C@H](c2ccc(OC(F)(F)F)cc2)CC1. The summed E-state index contributed by atoms with van der Waals surface area (Å²) in [6.07, 6.45) is -1.29. The lowest BCUT2D eigenvalue weighted by Gasteiger charge is -2.29. The van der Waals surface area contributed by atoms with Gasteiger partial charge in [0.2, 0.25) is 0 Å². The molecule has 0 atom stereocenters. The number of aromatic nitrogens is 3. The van der Waals surface area contributed by atoms with E-state index >= 15 is 0 Å². The van der Waals surface area contributed by atoms with E-state index in [9.17, 15) is 18.0 Å². The molecule has 1 aliphatic carbocycles. The van der Waals surface area contributed by atoms with Gasteiger partial charge in [-0.1, -0.05) is 17.3 Å². The molecule has 3 rings (SSSR count). The van der Waals surface area contributed by atoms with Gasteiger partial charge in [-0.25, -0.2) is 9.89 Å². The smallest absolute Gasteiger partial charge is 0.461 e. The number of hydrogen-bond donors (Lipinski definition) is 2. The molecule has 0 saturated heterocycles. The fourth-order valence-electron chi connectivity index (χ4n) is 3.38. The van der Waals surface area contributed by atoms with Gasteiger partial charge in [0.15, 0.2) is 11.5 Å². The first-order valence-electron chi connectivity index (χ1n) is 9.06. The summed E-state index contributed by atoms with van der Waals surface area (Å²) in [7, 11) is 0. The molecule has 10 heteroatoms. The predicted octanol–water partition coefficient (Wildman–Crippen LogP) is 4.02. The fraction of sp³-hybridized carbons (Fsp3) is 0.500. The molecule has 2 N–H and O–H groups in total. The summed E-state index contributed by atoms with van der Waals surface area (Å²) in [5.41, 5.74) is 1.19. The van der Waals surface area contributed by atoms with Crippen LogP contribution in [0.4, 0.5) is 19.0 Å². The van der Waals surface area contributed by atoms with Gasteiger partial charge in [0.1, 0.15) is 5.75 Å². The second-order valence-corrected chi connectivity index (χ2v) is 6.57. The van der Waals surface area contributed by atoms with Crippen molar-refractivity contribution in [2.24, 2.45) is 0 Å². The molecule has 0 bridgehead atoms. The van der Waals surface area contributed by atoms with E-state index in [1.54, 1.807) is 19.1 Å². The molecule has 0 spiro atoms. The molecular formula is C18H21F3N4O3. The first kappa shape index (κ1) is 20.0. The van der Waals surface area contributed by atoms with Gasteiger partial charge < -0.3 is 14.8 Å². The maximum atomic E-state index is 12.2. The maximum Gasteiger partial charge on any atom is 0.573 e. The Kier molecular flexibility index (Phi) is 6.05. The van der Waals surface area contributed by atoms with E-state index in [1.807, 2.05) is 0 Å². The van der Waals surface area contributed by atoms with Crippen LogP contribution in [0.1, 0.15) is 54.6 Å². The molecule has 152 valence electrons. The van der Waals surface area contributed by atoms with E-state index in [0.29, 0.717) is 5.82 Å². The van der Waals surface area contributed by atoms with E-state index in [2.05, 4.69) is 25.5 Å². The van der Waals surface area contributed by atoms with Gasteiger partial charge in [-0.15, -0.1) is 18.3 Å². The van der Waals surface area contributed by atoms with Crippen molar-refractivity contribution in [1.82, 2.24) is 15.4 Å². The van der Waals surface area contributed by atoms with Crippen molar-refractivity contribution >= 4 is 11.8 Å². The van der Waals surface area contributed by atoms with Crippen LogP contribution in [0, 0.1) is 0 Å². The number of ether oxygens (including phenoxy) is 2. The minimum absolute atomic E-state index is 0.127. The van der Waals surface area contributed by atoms with Crippen LogP contribution >= 0.6 is 0 Å². The van der Waals surface area contributed by atoms with Gasteiger partial charge in [0.05, 0.1) is 6.61 Å². The number of alkyl halides is 3. The van der Waals surface area contributed by atoms with Crippen LogP contribution in [0.5, 0.6) is 5.75 Å². The molecular weight excluding hydrogens is 377 g/mol. The van der Waals surface area contributed by atoms with Crippen LogP contribution in [-0.4, -0.2) is 40.4 Å². The molecule has 0 radical (unpaired) electrons. The molecule has 0 aliphatic heterocycles. The number of aromatic amines is 1. The molecule has 1 heterocycles. The highest BCUT2D eigenvalue weighted by atomic mass is 19.4. The lowest BCUT2D eigenvalue weighted by molar-refractivity contribution is -0.274. The topological polar surface area (TPSA) is 89.1 Å². The van der Waals surface area contributed by atoms with Crippen LogP contribution in [-0.2, 0) is 4.74 Å². The Balaban J connectivity index is 1.54. The van der Waals surface area contributed by atoms with Crippen molar-refractivity contribution in [3.63, 3.8) is 0 Å². The van der Waals surface area contributed by atoms with E-state index in [0.717, 1.165) is 31.2 Å². The monoisotopic (exact) mass is 398 g/mol. The summed E-state index contributed by atoms with van der Waals surface area (Å²) < 4.78 is 45.6. The standard InChI is InChI=1S/C18H21F3N4O3/c1-2-27-17(26)15-16(24-25-23-15)22-13-7-3-11(4-8-13)12-5-9-14(10-6-12)28-18(19,20)21/h5-6,9-11,13H,2-4,7-8H2,1H3,(H2,22,23,24,25)/t11-,13-. The second-order valence-electron chi connectivity index (χ2n) is 6.57. The molecule has 1 aliphatic rings. The third-order valence-corrected chi connectivity index (χ3v) is 4.68. The minimum Gasteiger partial charge on any atom is -0.461 e. The quantitative estimate of drug-likeness (QED) is 0.715. The van der Waals surface area contributed by atoms with Crippen molar-refractivity contribution in [2.45, 2.75) is 50.9 Å². The van der Waals surface area contributed by atoms with Gasteiger partial charge >= 0.3 is 12.3 Å². The Labute approximate surface area is 159 Å². The van der Waals surface area contributed by atoms with E-state index in [-0.39, 0.29) is 30.0 Å². The first-order chi connectivity index (χ1) is 13.4. The zero-order chi connectivity index (χ0) is 20.1. The Morgan fingerprint density at radius 2 is 1.89 bits per heavy atom. The number of esters is 1. The number of anilines is 1. The first-order valence-corrected chi connectivity index (χ1v) is 9.06. The van der Waals surface area contributed by atoms with Gasteiger partial charge in [0.25, 0.3) is 0 Å². The molecule has 1 saturated carbocycles. The number of H-pyrrole nitrogens is 1. The van der Waals surface area contributed by atoms with E-state index < -0.39 is 12.3 Å². The van der Waals surface area contributed by atoms with Crippen molar-refractivity contribution in [3.05, 3.63) is 35.5 Å². The molecule has 1 fully saturated rings. The molecule has 2 aromatic rings. The summed E-state index contributed by atoms with van der Waals surface area (Å²) in [5, 5.41) is 13.3. The third kappa shape index (κ3) is 5.14. The summed E-state index contributed by atoms with van der Waals surface area (Å²) in [6, 6.07) is 6.16. The minimum atomic E-state index is -4.69. The number of benzene rings is 1. The molecule has 28 heavy (non-hydrogen) atoms. The zero-order valence-corrected chi connectivity index (χ0v) is 15.3. The number of carbonyl (C=O) groups is 1. The van der Waals surface area contributed by atoms with Gasteiger partial charge in [-0.05, 0) is 56.2 Å². The van der Waals surface area contributed by atoms with Crippen molar-refractivity contribution in [2.75, 3.05) is 11.9 Å². The van der Waals surface area contributed by atoms with Gasteiger partial charge in [-0.3, -0.25) is 0 Å². The molecule has 7 nitrogen and oxygen atoms in total. The number of rotatable bonds is 6. The number of carbonyl (C=O) groups excluding carboxylic acids is 1. The second kappa shape index (κ2) is 8.49. The number of hydrogen-bond acceptors (Lipinski definition) is 6. The average Bonchev–Trinajstić information content (AvgIpc) is 3.10. The highest BCUT2D eigenvalue weighted by molar-refractivity contribution is 5.92. The molecule has 1 aromatic heterocycles. The number of nitrogens with zero attached hydrogens (tertiary/aromatic N) is 2. The van der Waals surface area contributed by atoms with Crippen LogP contribution in [0.3, 0.4) is 0 Å². The number of nitrogens with one attached hydrogen (secondary N) is 2. The maximum absolute atomic E-state index is 12.2. The highest BCUT2D eigenvalue weighted by Gasteiger charge is 2.31. The lowest BCUT2D eigenvalue weighted by Crippen LogP contribution is -2.26. The van der Waals surface area contributed by atoms with Crippen LogP contribution in [0.15, 0.2) is 24.3 Å². The van der Waals surface area contributed by atoms with Crippen molar-refractivity contribution in [1.29, 1.82) is 0 Å². The Hall–Kier alpha value is -2.78. The average molecular weight is 398 g/mol. The summed E-state index contributed by atoms with van der Waals surface area (Å²) >= 11 is 0. The van der Waals surface area contributed by atoms with Gasteiger partial charge in [0, 0.05) is 6.04 Å². The Bertz CT molecular complexity index is 784. The summed E-state index contributed by atoms with van der Waals surface area (Å²) in [4.78, 5) is 11.9. The summed E-state index contributed by atoms with van der Waals surface area (Å²) in [5.74, 6) is -0.0932. The van der Waals surface area contributed by atoms with Gasteiger partial charge in [-0.2, -0.15) is 0 Å². The van der Waals surface area contributed by atoms with Crippen molar-refractivity contribution < 1.29 is 27.4 Å². The zero-order valence-electron chi connectivity index (χ0n) is 15.3. The lowest BCUT2D eigenvalue weighted by atomic mass is 9.82. The third-order valence-electron chi connectivity index (χ3n) is 4.68. The molecule has 0 unspecified atom stereocenters.